The molecule has 1 aromatic carbocycles. The molecule has 0 spiro atoms. The summed E-state index contributed by atoms with van der Waals surface area (Å²) in [7, 11) is 2.15. The van der Waals surface area contributed by atoms with Crippen molar-refractivity contribution in [3.8, 4) is 0 Å². The maximum absolute atomic E-state index is 5.79. The maximum Gasteiger partial charge on any atom is 0.298 e. The molecule has 0 aliphatic carbocycles. The SMILES string of the molecule is Br.Cc1ccc2oc(N3CCN(C)CC3)nc2c1. The smallest absolute Gasteiger partial charge is 0.298 e. The van der Waals surface area contributed by atoms with Gasteiger partial charge in [0, 0.05) is 26.2 Å². The number of anilines is 1. The van der Waals surface area contributed by atoms with Crippen LogP contribution in [-0.2, 0) is 0 Å². The lowest BCUT2D eigenvalue weighted by Crippen LogP contribution is -2.44. The van der Waals surface area contributed by atoms with Gasteiger partial charge in [0.25, 0.3) is 6.01 Å². The normalized spacial score (nSPS) is 16.9. The van der Waals surface area contributed by atoms with E-state index in [0.717, 1.165) is 43.3 Å². The van der Waals surface area contributed by atoms with Crippen LogP contribution in [-0.4, -0.2) is 43.1 Å². The zero-order valence-corrected chi connectivity index (χ0v) is 12.4. The number of halogens is 1. The Morgan fingerprint density at radius 1 is 1.17 bits per heavy atom. The molecule has 98 valence electrons. The quantitative estimate of drug-likeness (QED) is 0.810. The lowest BCUT2D eigenvalue weighted by Gasteiger charge is -2.31. The number of hydrogen-bond acceptors (Lipinski definition) is 4. The molecule has 0 atom stereocenters. The van der Waals surface area contributed by atoms with Crippen LogP contribution in [0.15, 0.2) is 22.6 Å². The number of aromatic nitrogens is 1. The van der Waals surface area contributed by atoms with Gasteiger partial charge in [-0.05, 0) is 31.7 Å². The highest BCUT2D eigenvalue weighted by atomic mass is 79.9. The van der Waals surface area contributed by atoms with E-state index in [2.05, 4.69) is 40.9 Å². The van der Waals surface area contributed by atoms with Crippen molar-refractivity contribution in [3.63, 3.8) is 0 Å². The van der Waals surface area contributed by atoms with Gasteiger partial charge in [0.15, 0.2) is 5.58 Å². The highest BCUT2D eigenvalue weighted by molar-refractivity contribution is 8.93. The third-order valence-electron chi connectivity index (χ3n) is 3.31. The molecular formula is C13H18BrN3O. The molecule has 4 nitrogen and oxygen atoms in total. The summed E-state index contributed by atoms with van der Waals surface area (Å²) >= 11 is 0. The largest absolute Gasteiger partial charge is 0.423 e. The monoisotopic (exact) mass is 311 g/mol. The number of hydrogen-bond donors (Lipinski definition) is 0. The summed E-state index contributed by atoms with van der Waals surface area (Å²) < 4.78 is 5.79. The van der Waals surface area contributed by atoms with Crippen LogP contribution in [0.3, 0.4) is 0 Å². The van der Waals surface area contributed by atoms with Crippen molar-refractivity contribution in [2.45, 2.75) is 6.92 Å². The van der Waals surface area contributed by atoms with E-state index >= 15 is 0 Å². The van der Waals surface area contributed by atoms with Gasteiger partial charge in [-0.2, -0.15) is 4.98 Å². The van der Waals surface area contributed by atoms with Crippen LogP contribution in [0, 0.1) is 6.92 Å². The number of nitrogens with zero attached hydrogens (tertiary/aromatic N) is 3. The Labute approximate surface area is 117 Å². The topological polar surface area (TPSA) is 32.5 Å². The van der Waals surface area contributed by atoms with Gasteiger partial charge >= 0.3 is 0 Å². The number of aryl methyl sites for hydroxylation is 1. The molecule has 0 unspecified atom stereocenters. The zero-order chi connectivity index (χ0) is 11.8. The number of fused-ring (bicyclic) bond motifs is 1. The van der Waals surface area contributed by atoms with Crippen LogP contribution >= 0.6 is 17.0 Å². The average Bonchev–Trinajstić information content (AvgIpc) is 2.72. The first kappa shape index (κ1) is 13.4. The fraction of sp³-hybridized carbons (Fsp3) is 0.462. The number of piperazine rings is 1. The predicted octanol–water partition coefficient (Wildman–Crippen LogP) is 2.47. The summed E-state index contributed by atoms with van der Waals surface area (Å²) in [5.41, 5.74) is 3.05. The molecule has 0 saturated carbocycles. The number of oxazole rings is 1. The van der Waals surface area contributed by atoms with Gasteiger partial charge < -0.3 is 14.2 Å². The molecule has 0 radical (unpaired) electrons. The summed E-state index contributed by atoms with van der Waals surface area (Å²) in [6.07, 6.45) is 0. The lowest BCUT2D eigenvalue weighted by atomic mass is 10.2. The summed E-state index contributed by atoms with van der Waals surface area (Å²) in [5.74, 6) is 0. The third-order valence-corrected chi connectivity index (χ3v) is 3.31. The zero-order valence-electron chi connectivity index (χ0n) is 10.7. The molecule has 0 amide bonds. The molecule has 1 fully saturated rings. The Morgan fingerprint density at radius 2 is 1.89 bits per heavy atom. The van der Waals surface area contributed by atoms with Crippen molar-refractivity contribution in [1.82, 2.24) is 9.88 Å². The predicted molar refractivity (Wildman–Crippen MR) is 78.8 cm³/mol. The Balaban J connectivity index is 0.00000120. The minimum absolute atomic E-state index is 0. The molecule has 1 aliphatic heterocycles. The van der Waals surface area contributed by atoms with Gasteiger partial charge in [-0.1, -0.05) is 6.07 Å². The minimum Gasteiger partial charge on any atom is -0.423 e. The van der Waals surface area contributed by atoms with E-state index in [4.69, 9.17) is 4.42 Å². The fourth-order valence-electron chi connectivity index (χ4n) is 2.16. The van der Waals surface area contributed by atoms with Crippen molar-refractivity contribution in [2.24, 2.45) is 0 Å². The highest BCUT2D eigenvalue weighted by Gasteiger charge is 2.18. The van der Waals surface area contributed by atoms with E-state index in [1.54, 1.807) is 0 Å². The number of rotatable bonds is 1. The first-order chi connectivity index (χ1) is 8.22. The molecule has 0 N–H and O–H groups in total. The van der Waals surface area contributed by atoms with Crippen molar-refractivity contribution >= 4 is 34.1 Å². The van der Waals surface area contributed by atoms with Gasteiger partial charge in [-0.3, -0.25) is 0 Å². The summed E-state index contributed by atoms with van der Waals surface area (Å²) in [5, 5.41) is 0. The van der Waals surface area contributed by atoms with Crippen LogP contribution in [0.5, 0.6) is 0 Å². The molecule has 1 aromatic heterocycles. The highest BCUT2D eigenvalue weighted by Crippen LogP contribution is 2.23. The third kappa shape index (κ3) is 2.52. The summed E-state index contributed by atoms with van der Waals surface area (Å²) in [6.45, 7) is 6.18. The maximum atomic E-state index is 5.79. The average molecular weight is 312 g/mol. The molecule has 3 rings (SSSR count). The lowest BCUT2D eigenvalue weighted by molar-refractivity contribution is 0.305. The first-order valence-corrected chi connectivity index (χ1v) is 6.03. The van der Waals surface area contributed by atoms with Gasteiger partial charge in [-0.25, -0.2) is 0 Å². The fourth-order valence-corrected chi connectivity index (χ4v) is 2.16. The standard InChI is InChI=1S/C13H17N3O.BrH/c1-10-3-4-12-11(9-10)14-13(17-12)16-7-5-15(2)6-8-16;/h3-4,9H,5-8H2,1-2H3;1H. The number of likely N-dealkylation sites (N-methyl/N-ethyl adjacent to an activating group) is 1. The Bertz CT molecular complexity index is 532. The molecule has 2 heterocycles. The van der Waals surface area contributed by atoms with E-state index in [0.29, 0.717) is 0 Å². The van der Waals surface area contributed by atoms with E-state index in [1.165, 1.54) is 5.56 Å². The van der Waals surface area contributed by atoms with E-state index in [1.807, 2.05) is 6.07 Å². The molecule has 5 heteroatoms. The van der Waals surface area contributed by atoms with Crippen molar-refractivity contribution in [3.05, 3.63) is 23.8 Å². The molecule has 1 saturated heterocycles. The second kappa shape index (κ2) is 5.28. The van der Waals surface area contributed by atoms with E-state index < -0.39 is 0 Å². The first-order valence-electron chi connectivity index (χ1n) is 6.03. The molecule has 18 heavy (non-hydrogen) atoms. The van der Waals surface area contributed by atoms with Crippen LogP contribution in [0.2, 0.25) is 0 Å². The Kier molecular flexibility index (Phi) is 3.92. The van der Waals surface area contributed by atoms with Gasteiger partial charge in [0.05, 0.1) is 0 Å². The van der Waals surface area contributed by atoms with E-state index in [9.17, 15) is 0 Å². The molecule has 1 aliphatic rings. The Morgan fingerprint density at radius 3 is 2.61 bits per heavy atom. The summed E-state index contributed by atoms with van der Waals surface area (Å²) in [4.78, 5) is 9.10. The van der Waals surface area contributed by atoms with Crippen LogP contribution in [0.1, 0.15) is 5.56 Å². The van der Waals surface area contributed by atoms with E-state index in [-0.39, 0.29) is 17.0 Å². The molecule has 2 aromatic rings. The molecule has 0 bridgehead atoms. The Hall–Kier alpha value is -1.07. The van der Waals surface area contributed by atoms with Crippen LogP contribution in [0.4, 0.5) is 6.01 Å². The summed E-state index contributed by atoms with van der Waals surface area (Å²) in [6, 6.07) is 6.88. The second-order valence-electron chi connectivity index (χ2n) is 4.76. The number of benzene rings is 1. The van der Waals surface area contributed by atoms with Crippen molar-refractivity contribution in [1.29, 1.82) is 0 Å². The molecular weight excluding hydrogens is 294 g/mol. The van der Waals surface area contributed by atoms with Crippen molar-refractivity contribution in [2.75, 3.05) is 38.1 Å². The van der Waals surface area contributed by atoms with Crippen LogP contribution < -0.4 is 4.90 Å². The van der Waals surface area contributed by atoms with Gasteiger partial charge in [0.1, 0.15) is 5.52 Å². The minimum atomic E-state index is 0. The van der Waals surface area contributed by atoms with Crippen molar-refractivity contribution < 1.29 is 4.42 Å². The van der Waals surface area contributed by atoms with Gasteiger partial charge in [-0.15, -0.1) is 17.0 Å². The van der Waals surface area contributed by atoms with Gasteiger partial charge in [0.2, 0.25) is 0 Å². The second-order valence-corrected chi connectivity index (χ2v) is 4.76. The van der Waals surface area contributed by atoms with Crippen LogP contribution in [0.25, 0.3) is 11.1 Å².